The van der Waals surface area contributed by atoms with Crippen LogP contribution in [0.1, 0.15) is 22.5 Å². The third-order valence-electron chi connectivity index (χ3n) is 3.26. The zero-order valence-corrected chi connectivity index (χ0v) is 13.8. The molecule has 0 aliphatic rings. The van der Waals surface area contributed by atoms with Crippen molar-refractivity contribution in [2.24, 2.45) is 7.05 Å². The van der Waals surface area contributed by atoms with Crippen LogP contribution >= 0.6 is 15.9 Å². The van der Waals surface area contributed by atoms with Crippen LogP contribution in [-0.4, -0.2) is 48.5 Å². The van der Waals surface area contributed by atoms with Crippen molar-refractivity contribution in [2.75, 3.05) is 7.05 Å². The Hall–Kier alpha value is -2.16. The highest BCUT2D eigenvalue weighted by atomic mass is 79.9. The lowest BCUT2D eigenvalue weighted by Crippen LogP contribution is -2.28. The van der Waals surface area contributed by atoms with Crippen molar-refractivity contribution in [2.45, 2.75) is 19.5 Å². The molecule has 22 heavy (non-hydrogen) atoms. The van der Waals surface area contributed by atoms with Crippen LogP contribution in [0.2, 0.25) is 0 Å². The van der Waals surface area contributed by atoms with Crippen molar-refractivity contribution >= 4 is 27.8 Å². The molecular weight excluding hydrogens is 354 g/mol. The molecule has 0 aliphatic carbocycles. The Kier molecular flexibility index (Phi) is 4.96. The predicted octanol–water partition coefficient (Wildman–Crippen LogP) is 1.13. The van der Waals surface area contributed by atoms with Gasteiger partial charge in [0.25, 0.3) is 0 Å². The number of rotatable bonds is 6. The molecule has 0 spiro atoms. The summed E-state index contributed by atoms with van der Waals surface area (Å²) in [6.45, 7) is 0.776. The van der Waals surface area contributed by atoms with E-state index in [1.165, 1.54) is 17.1 Å². The van der Waals surface area contributed by atoms with E-state index in [0.29, 0.717) is 13.1 Å². The summed E-state index contributed by atoms with van der Waals surface area (Å²) in [6, 6.07) is 0. The fraction of sp³-hybridized carbons (Fsp3) is 0.385. The zero-order chi connectivity index (χ0) is 16.3. The third kappa shape index (κ3) is 3.73. The number of hydrogen-bond acceptors (Lipinski definition) is 4. The summed E-state index contributed by atoms with van der Waals surface area (Å²) < 4.78 is 4.02. The lowest BCUT2D eigenvalue weighted by molar-refractivity contribution is -0.130. The highest BCUT2D eigenvalue weighted by Crippen LogP contribution is 2.16. The third-order valence-corrected chi connectivity index (χ3v) is 3.92. The standard InChI is InChI=1S/C13H16BrN5O3/c1-17(8-11-10(14)6-15-18(11)2)12(20)3-4-19-7-9(5-16-19)13(21)22/h5-7H,3-4,8H2,1-2H3,(H,21,22). The average molecular weight is 370 g/mol. The fourth-order valence-corrected chi connectivity index (χ4v) is 2.40. The molecule has 2 rings (SSSR count). The molecule has 0 saturated heterocycles. The number of aromatic carboxylic acids is 1. The van der Waals surface area contributed by atoms with E-state index in [1.54, 1.807) is 22.8 Å². The Morgan fingerprint density at radius 1 is 1.36 bits per heavy atom. The van der Waals surface area contributed by atoms with E-state index < -0.39 is 5.97 Å². The smallest absolute Gasteiger partial charge is 0.338 e. The predicted molar refractivity (Wildman–Crippen MR) is 81.2 cm³/mol. The van der Waals surface area contributed by atoms with Gasteiger partial charge in [0.1, 0.15) is 0 Å². The molecule has 2 heterocycles. The van der Waals surface area contributed by atoms with Crippen molar-refractivity contribution in [3.05, 3.63) is 34.3 Å². The second-order valence-corrected chi connectivity index (χ2v) is 5.71. The first-order valence-corrected chi connectivity index (χ1v) is 7.34. The molecule has 0 radical (unpaired) electrons. The van der Waals surface area contributed by atoms with Crippen LogP contribution in [-0.2, 0) is 24.9 Å². The number of carboxylic acids is 1. The summed E-state index contributed by atoms with van der Waals surface area (Å²) in [5, 5.41) is 16.8. The van der Waals surface area contributed by atoms with Gasteiger partial charge in [0, 0.05) is 33.3 Å². The zero-order valence-electron chi connectivity index (χ0n) is 12.2. The molecule has 2 aromatic rings. The minimum atomic E-state index is -1.03. The number of carbonyl (C=O) groups is 2. The largest absolute Gasteiger partial charge is 0.478 e. The van der Waals surface area contributed by atoms with Crippen LogP contribution in [0.5, 0.6) is 0 Å². The lowest BCUT2D eigenvalue weighted by Gasteiger charge is -2.17. The van der Waals surface area contributed by atoms with E-state index in [2.05, 4.69) is 26.1 Å². The lowest BCUT2D eigenvalue weighted by atomic mass is 10.3. The van der Waals surface area contributed by atoms with E-state index >= 15 is 0 Å². The molecule has 0 fully saturated rings. The van der Waals surface area contributed by atoms with Gasteiger partial charge in [-0.25, -0.2) is 4.79 Å². The number of nitrogens with zero attached hydrogens (tertiary/aromatic N) is 5. The van der Waals surface area contributed by atoms with Gasteiger partial charge in [-0.2, -0.15) is 10.2 Å². The minimum absolute atomic E-state index is 0.0551. The molecule has 1 amide bonds. The Labute approximate surface area is 135 Å². The maximum Gasteiger partial charge on any atom is 0.338 e. The highest BCUT2D eigenvalue weighted by molar-refractivity contribution is 9.10. The summed E-state index contributed by atoms with van der Waals surface area (Å²) in [4.78, 5) is 24.5. The van der Waals surface area contributed by atoms with Gasteiger partial charge in [0.05, 0.1) is 34.7 Å². The number of carbonyl (C=O) groups excluding carboxylic acids is 1. The second kappa shape index (κ2) is 6.73. The Balaban J connectivity index is 1.90. The molecule has 118 valence electrons. The van der Waals surface area contributed by atoms with Gasteiger partial charge in [-0.1, -0.05) is 0 Å². The molecule has 1 N–H and O–H groups in total. The average Bonchev–Trinajstić information content (AvgIpc) is 3.06. The first-order valence-electron chi connectivity index (χ1n) is 6.54. The topological polar surface area (TPSA) is 93.2 Å². The maximum absolute atomic E-state index is 12.1. The first-order chi connectivity index (χ1) is 10.4. The van der Waals surface area contributed by atoms with Gasteiger partial charge in [0.2, 0.25) is 5.91 Å². The summed E-state index contributed by atoms with van der Waals surface area (Å²) in [6.07, 6.45) is 4.61. The van der Waals surface area contributed by atoms with Crippen molar-refractivity contribution in [3.8, 4) is 0 Å². The summed E-state index contributed by atoms with van der Waals surface area (Å²) in [7, 11) is 3.53. The molecule has 0 saturated carbocycles. The maximum atomic E-state index is 12.1. The van der Waals surface area contributed by atoms with Crippen molar-refractivity contribution in [3.63, 3.8) is 0 Å². The number of aromatic nitrogens is 4. The van der Waals surface area contributed by atoms with Crippen LogP contribution in [0.25, 0.3) is 0 Å². The Morgan fingerprint density at radius 3 is 2.64 bits per heavy atom. The van der Waals surface area contributed by atoms with Crippen LogP contribution < -0.4 is 0 Å². The molecule has 0 aliphatic heterocycles. The molecule has 0 atom stereocenters. The number of hydrogen-bond donors (Lipinski definition) is 1. The molecule has 0 unspecified atom stereocenters. The molecule has 9 heteroatoms. The van der Waals surface area contributed by atoms with E-state index in [4.69, 9.17) is 5.11 Å². The van der Waals surface area contributed by atoms with Gasteiger partial charge in [0.15, 0.2) is 0 Å². The molecule has 0 bridgehead atoms. The van der Waals surface area contributed by atoms with Gasteiger partial charge in [-0.05, 0) is 15.9 Å². The van der Waals surface area contributed by atoms with E-state index in [1.807, 2.05) is 7.05 Å². The number of aryl methyl sites for hydroxylation is 2. The minimum Gasteiger partial charge on any atom is -0.478 e. The Bertz CT molecular complexity index is 674. The van der Waals surface area contributed by atoms with E-state index in [-0.39, 0.29) is 17.9 Å². The van der Waals surface area contributed by atoms with Gasteiger partial charge in [-0.3, -0.25) is 14.2 Å². The normalized spacial score (nSPS) is 10.7. The van der Waals surface area contributed by atoms with Gasteiger partial charge < -0.3 is 10.0 Å². The fourth-order valence-electron chi connectivity index (χ4n) is 1.92. The molecule has 0 aromatic carbocycles. The summed E-state index contributed by atoms with van der Waals surface area (Å²) in [5.41, 5.74) is 1.02. The molecular formula is C13H16BrN5O3. The quantitative estimate of drug-likeness (QED) is 0.823. The summed E-state index contributed by atoms with van der Waals surface area (Å²) in [5.74, 6) is -1.09. The first kappa shape index (κ1) is 16.2. The van der Waals surface area contributed by atoms with Crippen LogP contribution in [0.4, 0.5) is 0 Å². The highest BCUT2D eigenvalue weighted by Gasteiger charge is 2.14. The van der Waals surface area contributed by atoms with Crippen LogP contribution in [0.3, 0.4) is 0 Å². The SMILES string of the molecule is CN(Cc1c(Br)cnn1C)C(=O)CCn1cc(C(=O)O)cn1. The van der Waals surface area contributed by atoms with Gasteiger partial charge in [-0.15, -0.1) is 0 Å². The van der Waals surface area contributed by atoms with Crippen molar-refractivity contribution < 1.29 is 14.7 Å². The monoisotopic (exact) mass is 369 g/mol. The van der Waals surface area contributed by atoms with E-state index in [0.717, 1.165) is 10.2 Å². The van der Waals surface area contributed by atoms with Crippen molar-refractivity contribution in [1.29, 1.82) is 0 Å². The van der Waals surface area contributed by atoms with Crippen molar-refractivity contribution in [1.82, 2.24) is 24.5 Å². The summed E-state index contributed by atoms with van der Waals surface area (Å²) >= 11 is 3.40. The Morgan fingerprint density at radius 2 is 2.09 bits per heavy atom. The van der Waals surface area contributed by atoms with Crippen LogP contribution in [0, 0.1) is 0 Å². The number of amides is 1. The van der Waals surface area contributed by atoms with E-state index in [9.17, 15) is 9.59 Å². The van der Waals surface area contributed by atoms with Gasteiger partial charge >= 0.3 is 5.97 Å². The van der Waals surface area contributed by atoms with Crippen LogP contribution in [0.15, 0.2) is 23.1 Å². The molecule has 2 aromatic heterocycles. The molecule has 8 nitrogen and oxygen atoms in total. The second-order valence-electron chi connectivity index (χ2n) is 4.86. The number of carboxylic acid groups (broad SMARTS) is 1. The number of halogens is 1.